The fraction of sp³-hybridized carbons (Fsp3) is 1.00. The molecule has 0 aromatic carbocycles. The second kappa shape index (κ2) is 6.52. The molecule has 1 aliphatic rings. The first-order valence-corrected chi connectivity index (χ1v) is 6.91. The molecule has 1 saturated carbocycles. The summed E-state index contributed by atoms with van der Waals surface area (Å²) in [5, 5.41) is 10.5. The molecule has 0 bridgehead atoms. The van der Waals surface area contributed by atoms with Gasteiger partial charge in [-0.3, -0.25) is 0 Å². The summed E-state index contributed by atoms with van der Waals surface area (Å²) in [5.41, 5.74) is -0.315. The lowest BCUT2D eigenvalue weighted by Crippen LogP contribution is -2.38. The van der Waals surface area contributed by atoms with Gasteiger partial charge in [-0.05, 0) is 25.2 Å². The first-order valence-electron chi connectivity index (χ1n) is 6.91. The molecule has 1 heteroatoms. The normalized spacial score (nSPS) is 22.6. The van der Waals surface area contributed by atoms with Crippen molar-refractivity contribution in [1.29, 1.82) is 0 Å². The van der Waals surface area contributed by atoms with Crippen LogP contribution in [0.5, 0.6) is 0 Å². The Hall–Kier alpha value is -0.0400. The fourth-order valence-corrected chi connectivity index (χ4v) is 2.80. The first kappa shape index (κ1) is 13.0. The molecule has 1 nitrogen and oxygen atoms in total. The lowest BCUT2D eigenvalue weighted by molar-refractivity contribution is -0.0463. The van der Waals surface area contributed by atoms with Crippen molar-refractivity contribution in [3.63, 3.8) is 0 Å². The minimum Gasteiger partial charge on any atom is -0.390 e. The summed E-state index contributed by atoms with van der Waals surface area (Å²) in [6.45, 7) is 4.50. The molecular formula is C14H28O. The van der Waals surface area contributed by atoms with E-state index in [9.17, 15) is 5.11 Å². The molecule has 1 atom stereocenters. The molecule has 0 aliphatic heterocycles. The van der Waals surface area contributed by atoms with Gasteiger partial charge in [0, 0.05) is 0 Å². The summed E-state index contributed by atoms with van der Waals surface area (Å²) in [7, 11) is 0. The molecule has 1 aliphatic carbocycles. The van der Waals surface area contributed by atoms with Crippen LogP contribution in [0.2, 0.25) is 0 Å². The highest BCUT2D eigenvalue weighted by atomic mass is 16.3. The molecular weight excluding hydrogens is 184 g/mol. The van der Waals surface area contributed by atoms with Gasteiger partial charge in [-0.25, -0.2) is 0 Å². The van der Waals surface area contributed by atoms with Crippen LogP contribution in [0.3, 0.4) is 0 Å². The summed E-state index contributed by atoms with van der Waals surface area (Å²) in [6.07, 6.45) is 12.4. The van der Waals surface area contributed by atoms with E-state index >= 15 is 0 Å². The SMILES string of the molecule is CCCCCCC(C)C1(O)CCCCC1. The second-order valence-electron chi connectivity index (χ2n) is 5.41. The molecule has 1 unspecified atom stereocenters. The van der Waals surface area contributed by atoms with Gasteiger partial charge in [-0.15, -0.1) is 0 Å². The van der Waals surface area contributed by atoms with Crippen molar-refractivity contribution in [2.45, 2.75) is 83.7 Å². The Balaban J connectivity index is 2.22. The van der Waals surface area contributed by atoms with Crippen LogP contribution in [-0.2, 0) is 0 Å². The predicted molar refractivity (Wildman–Crippen MR) is 66.0 cm³/mol. The third-order valence-electron chi connectivity index (χ3n) is 4.13. The maximum absolute atomic E-state index is 10.5. The Morgan fingerprint density at radius 2 is 1.73 bits per heavy atom. The van der Waals surface area contributed by atoms with Crippen LogP contribution in [0.4, 0.5) is 0 Å². The van der Waals surface area contributed by atoms with E-state index in [4.69, 9.17) is 0 Å². The van der Waals surface area contributed by atoms with Gasteiger partial charge in [-0.1, -0.05) is 58.8 Å². The highest BCUT2D eigenvalue weighted by Crippen LogP contribution is 2.36. The van der Waals surface area contributed by atoms with Crippen LogP contribution in [0, 0.1) is 5.92 Å². The summed E-state index contributed by atoms with van der Waals surface area (Å²) in [5.74, 6) is 0.509. The molecule has 1 rings (SSSR count). The molecule has 0 radical (unpaired) electrons. The van der Waals surface area contributed by atoms with E-state index < -0.39 is 0 Å². The Morgan fingerprint density at radius 1 is 1.07 bits per heavy atom. The molecule has 0 aromatic rings. The van der Waals surface area contributed by atoms with Crippen LogP contribution < -0.4 is 0 Å². The quantitative estimate of drug-likeness (QED) is 0.651. The van der Waals surface area contributed by atoms with Crippen molar-refractivity contribution in [1.82, 2.24) is 0 Å². The van der Waals surface area contributed by atoms with Crippen LogP contribution in [0.1, 0.15) is 78.1 Å². The molecule has 0 heterocycles. The third kappa shape index (κ3) is 4.14. The highest BCUT2D eigenvalue weighted by molar-refractivity contribution is 4.86. The summed E-state index contributed by atoms with van der Waals surface area (Å²) < 4.78 is 0. The zero-order valence-corrected chi connectivity index (χ0v) is 10.6. The van der Waals surface area contributed by atoms with E-state index in [1.807, 2.05) is 0 Å². The molecule has 1 N–H and O–H groups in total. The van der Waals surface area contributed by atoms with Gasteiger partial charge in [0.15, 0.2) is 0 Å². The third-order valence-corrected chi connectivity index (χ3v) is 4.13. The van der Waals surface area contributed by atoms with Gasteiger partial charge in [0.2, 0.25) is 0 Å². The van der Waals surface area contributed by atoms with Gasteiger partial charge >= 0.3 is 0 Å². The standard InChI is InChI=1S/C14H28O/c1-3-4-5-7-10-13(2)14(15)11-8-6-9-12-14/h13,15H,3-12H2,1-2H3. The first-order chi connectivity index (χ1) is 7.19. The smallest absolute Gasteiger partial charge is 0.0673 e. The molecule has 15 heavy (non-hydrogen) atoms. The topological polar surface area (TPSA) is 20.2 Å². The Kier molecular flexibility index (Phi) is 5.66. The largest absolute Gasteiger partial charge is 0.390 e. The Bertz CT molecular complexity index is 159. The van der Waals surface area contributed by atoms with Crippen LogP contribution >= 0.6 is 0 Å². The molecule has 1 fully saturated rings. The van der Waals surface area contributed by atoms with Gasteiger partial charge in [0.1, 0.15) is 0 Å². The molecule has 90 valence electrons. The Labute approximate surface area is 95.3 Å². The molecule has 0 saturated heterocycles. The maximum Gasteiger partial charge on any atom is 0.0673 e. The monoisotopic (exact) mass is 212 g/mol. The van der Waals surface area contributed by atoms with Crippen molar-refractivity contribution in [2.75, 3.05) is 0 Å². The lowest BCUT2D eigenvalue weighted by Gasteiger charge is -2.37. The second-order valence-corrected chi connectivity index (χ2v) is 5.41. The zero-order chi connectivity index (χ0) is 11.1. The molecule has 0 spiro atoms. The van der Waals surface area contributed by atoms with Crippen molar-refractivity contribution < 1.29 is 5.11 Å². The fourth-order valence-electron chi connectivity index (χ4n) is 2.80. The molecule has 0 amide bonds. The number of unbranched alkanes of at least 4 members (excludes halogenated alkanes) is 3. The van der Waals surface area contributed by atoms with Crippen molar-refractivity contribution in [3.05, 3.63) is 0 Å². The minimum absolute atomic E-state index is 0.315. The van der Waals surface area contributed by atoms with E-state index in [1.54, 1.807) is 0 Å². The number of rotatable bonds is 6. The highest BCUT2D eigenvalue weighted by Gasteiger charge is 2.34. The van der Waals surface area contributed by atoms with E-state index in [2.05, 4.69) is 13.8 Å². The van der Waals surface area contributed by atoms with E-state index in [1.165, 1.54) is 51.4 Å². The van der Waals surface area contributed by atoms with E-state index in [-0.39, 0.29) is 5.60 Å². The van der Waals surface area contributed by atoms with Gasteiger partial charge < -0.3 is 5.11 Å². The average molecular weight is 212 g/mol. The van der Waals surface area contributed by atoms with Crippen molar-refractivity contribution in [3.8, 4) is 0 Å². The van der Waals surface area contributed by atoms with Gasteiger partial charge in [0.05, 0.1) is 5.60 Å². The summed E-state index contributed by atoms with van der Waals surface area (Å²) in [4.78, 5) is 0. The number of aliphatic hydroxyl groups is 1. The minimum atomic E-state index is -0.315. The number of hydrogen-bond acceptors (Lipinski definition) is 1. The maximum atomic E-state index is 10.5. The van der Waals surface area contributed by atoms with Gasteiger partial charge in [-0.2, -0.15) is 0 Å². The van der Waals surface area contributed by atoms with Crippen LogP contribution in [0.25, 0.3) is 0 Å². The van der Waals surface area contributed by atoms with Crippen LogP contribution in [0.15, 0.2) is 0 Å². The van der Waals surface area contributed by atoms with Gasteiger partial charge in [0.25, 0.3) is 0 Å². The summed E-state index contributed by atoms with van der Waals surface area (Å²) >= 11 is 0. The van der Waals surface area contributed by atoms with E-state index in [0.29, 0.717) is 5.92 Å². The lowest BCUT2D eigenvalue weighted by atomic mass is 9.74. The predicted octanol–water partition coefficient (Wildman–Crippen LogP) is 4.29. The average Bonchev–Trinajstić information content (AvgIpc) is 2.25. The summed E-state index contributed by atoms with van der Waals surface area (Å²) in [6, 6.07) is 0. The molecule has 0 aromatic heterocycles. The van der Waals surface area contributed by atoms with Crippen molar-refractivity contribution in [2.24, 2.45) is 5.92 Å². The number of hydrogen-bond donors (Lipinski definition) is 1. The van der Waals surface area contributed by atoms with Crippen LogP contribution in [-0.4, -0.2) is 10.7 Å². The van der Waals surface area contributed by atoms with Crippen molar-refractivity contribution >= 4 is 0 Å². The zero-order valence-electron chi connectivity index (χ0n) is 10.6. The Morgan fingerprint density at radius 3 is 2.33 bits per heavy atom. The van der Waals surface area contributed by atoms with E-state index in [0.717, 1.165) is 12.8 Å².